The van der Waals surface area contributed by atoms with E-state index in [2.05, 4.69) is 11.2 Å². The fourth-order valence-electron chi connectivity index (χ4n) is 1.23. The third-order valence-corrected chi connectivity index (χ3v) is 3.30. The van der Waals surface area contributed by atoms with Crippen LogP contribution in [0.3, 0.4) is 0 Å². The first-order chi connectivity index (χ1) is 5.33. The molecule has 1 saturated heterocycles. The predicted octanol–water partition coefficient (Wildman–Crippen LogP) is 1.47. The van der Waals surface area contributed by atoms with E-state index >= 15 is 0 Å². The molecule has 2 nitrogen and oxygen atoms in total. The van der Waals surface area contributed by atoms with Gasteiger partial charge >= 0.3 is 0 Å². The van der Waals surface area contributed by atoms with Gasteiger partial charge in [0.1, 0.15) is 0 Å². The van der Waals surface area contributed by atoms with Crippen LogP contribution < -0.4 is 5.73 Å². The maximum atomic E-state index is 5.79. The van der Waals surface area contributed by atoms with E-state index in [1.165, 1.54) is 38.1 Å². The Morgan fingerprint density at radius 3 is 2.64 bits per heavy atom. The lowest BCUT2D eigenvalue weighted by molar-refractivity contribution is 0.346. The van der Waals surface area contributed by atoms with Crippen molar-refractivity contribution in [3.8, 4) is 0 Å². The minimum absolute atomic E-state index is 0.466. The molecule has 1 aliphatic heterocycles. The van der Waals surface area contributed by atoms with E-state index in [0.29, 0.717) is 6.04 Å². The summed E-state index contributed by atoms with van der Waals surface area (Å²) in [5.74, 6) is 1.26. The first-order valence-electron chi connectivity index (χ1n) is 4.46. The van der Waals surface area contributed by atoms with Crippen molar-refractivity contribution < 1.29 is 0 Å². The van der Waals surface area contributed by atoms with Crippen LogP contribution in [0.4, 0.5) is 0 Å². The minimum atomic E-state index is 0.466. The third-order valence-electron chi connectivity index (χ3n) is 1.98. The van der Waals surface area contributed by atoms with E-state index < -0.39 is 0 Å². The summed E-state index contributed by atoms with van der Waals surface area (Å²) in [6.07, 6.45) is 3.63. The van der Waals surface area contributed by atoms with Gasteiger partial charge in [-0.15, -0.1) is 0 Å². The van der Waals surface area contributed by atoms with Crippen LogP contribution in [0.1, 0.15) is 26.2 Å². The fourth-order valence-corrected chi connectivity index (χ4v) is 2.14. The molecule has 0 radical (unpaired) electrons. The molecule has 0 spiro atoms. The van der Waals surface area contributed by atoms with E-state index in [-0.39, 0.29) is 0 Å². The van der Waals surface area contributed by atoms with Gasteiger partial charge in [0.25, 0.3) is 0 Å². The summed E-state index contributed by atoms with van der Waals surface area (Å²) < 4.78 is 2.45. The van der Waals surface area contributed by atoms with Gasteiger partial charge in [0.05, 0.1) is 0 Å². The summed E-state index contributed by atoms with van der Waals surface area (Å²) in [5.41, 5.74) is 5.79. The molecule has 0 atom stereocenters. The molecule has 0 aliphatic carbocycles. The molecule has 0 bridgehead atoms. The topological polar surface area (TPSA) is 29.3 Å². The first-order valence-corrected chi connectivity index (χ1v) is 5.40. The van der Waals surface area contributed by atoms with Gasteiger partial charge in [0.15, 0.2) is 0 Å². The number of rotatable bonds is 3. The highest BCUT2D eigenvalue weighted by molar-refractivity contribution is 7.97. The Morgan fingerprint density at radius 2 is 2.09 bits per heavy atom. The highest BCUT2D eigenvalue weighted by Crippen LogP contribution is 2.17. The van der Waals surface area contributed by atoms with Crippen molar-refractivity contribution in [2.45, 2.75) is 32.2 Å². The first kappa shape index (κ1) is 9.36. The van der Waals surface area contributed by atoms with Crippen molar-refractivity contribution in [1.82, 2.24) is 4.31 Å². The van der Waals surface area contributed by atoms with Crippen molar-refractivity contribution in [2.75, 3.05) is 18.8 Å². The van der Waals surface area contributed by atoms with Gasteiger partial charge in [0, 0.05) is 24.9 Å². The van der Waals surface area contributed by atoms with Crippen LogP contribution in [0.2, 0.25) is 0 Å². The van der Waals surface area contributed by atoms with Gasteiger partial charge in [0.2, 0.25) is 0 Å². The molecule has 0 amide bonds. The summed E-state index contributed by atoms with van der Waals surface area (Å²) in [7, 11) is 0. The maximum absolute atomic E-state index is 5.79. The second kappa shape index (κ2) is 5.01. The SMILES string of the molecule is CCCSN1CCC(N)CC1. The predicted molar refractivity (Wildman–Crippen MR) is 51.5 cm³/mol. The summed E-state index contributed by atoms with van der Waals surface area (Å²) >= 11 is 1.98. The number of hydrogen-bond donors (Lipinski definition) is 1. The van der Waals surface area contributed by atoms with Gasteiger partial charge in [-0.05, 0) is 19.3 Å². The number of nitrogens with two attached hydrogens (primary N) is 1. The molecule has 1 rings (SSSR count). The second-order valence-electron chi connectivity index (χ2n) is 3.10. The van der Waals surface area contributed by atoms with Gasteiger partial charge in [-0.1, -0.05) is 18.9 Å². The quantitative estimate of drug-likeness (QED) is 0.657. The van der Waals surface area contributed by atoms with Gasteiger partial charge in [-0.2, -0.15) is 0 Å². The Balaban J connectivity index is 2.07. The molecule has 0 aromatic carbocycles. The van der Waals surface area contributed by atoms with Crippen molar-refractivity contribution in [3.63, 3.8) is 0 Å². The summed E-state index contributed by atoms with van der Waals surface area (Å²) in [5, 5.41) is 0. The van der Waals surface area contributed by atoms with Crippen LogP contribution in [-0.2, 0) is 0 Å². The molecule has 66 valence electrons. The molecule has 11 heavy (non-hydrogen) atoms. The van der Waals surface area contributed by atoms with Crippen LogP contribution in [0, 0.1) is 0 Å². The standard InChI is InChI=1S/C8H18N2S/c1-2-7-11-10-5-3-8(9)4-6-10/h8H,2-7,9H2,1H3. The fraction of sp³-hybridized carbons (Fsp3) is 1.00. The molecule has 0 unspecified atom stereocenters. The Labute approximate surface area is 73.6 Å². The third kappa shape index (κ3) is 3.45. The van der Waals surface area contributed by atoms with E-state index in [9.17, 15) is 0 Å². The average molecular weight is 174 g/mol. The number of hydrogen-bond acceptors (Lipinski definition) is 3. The van der Waals surface area contributed by atoms with Crippen LogP contribution >= 0.6 is 11.9 Å². The Morgan fingerprint density at radius 1 is 1.45 bits per heavy atom. The number of nitrogens with zero attached hydrogens (tertiary/aromatic N) is 1. The highest BCUT2D eigenvalue weighted by atomic mass is 32.2. The minimum Gasteiger partial charge on any atom is -0.328 e. The second-order valence-corrected chi connectivity index (χ2v) is 4.28. The molecule has 1 aliphatic rings. The molecule has 1 heterocycles. The molecule has 2 N–H and O–H groups in total. The zero-order chi connectivity index (χ0) is 8.10. The molecule has 0 aromatic rings. The highest BCUT2D eigenvalue weighted by Gasteiger charge is 2.15. The van der Waals surface area contributed by atoms with Crippen molar-refractivity contribution >= 4 is 11.9 Å². The summed E-state index contributed by atoms with van der Waals surface area (Å²) in [6, 6.07) is 0.466. The summed E-state index contributed by atoms with van der Waals surface area (Å²) in [6.45, 7) is 4.60. The number of piperidine rings is 1. The smallest absolute Gasteiger partial charge is 0.0104 e. The molecule has 0 aromatic heterocycles. The molecule has 3 heteroatoms. The van der Waals surface area contributed by atoms with Crippen molar-refractivity contribution in [3.05, 3.63) is 0 Å². The van der Waals surface area contributed by atoms with E-state index in [4.69, 9.17) is 5.73 Å². The lowest BCUT2D eigenvalue weighted by Crippen LogP contribution is -2.36. The monoisotopic (exact) mass is 174 g/mol. The van der Waals surface area contributed by atoms with Crippen LogP contribution in [-0.4, -0.2) is 29.2 Å². The maximum Gasteiger partial charge on any atom is 0.0104 e. The van der Waals surface area contributed by atoms with Crippen LogP contribution in [0.5, 0.6) is 0 Å². The van der Waals surface area contributed by atoms with Crippen LogP contribution in [0.25, 0.3) is 0 Å². The Bertz CT molecular complexity index is 97.5. The van der Waals surface area contributed by atoms with Crippen molar-refractivity contribution in [1.29, 1.82) is 0 Å². The largest absolute Gasteiger partial charge is 0.328 e. The zero-order valence-electron chi connectivity index (χ0n) is 7.25. The molecular formula is C8H18N2S. The Kier molecular flexibility index (Phi) is 4.26. The Hall–Kier alpha value is 0.270. The average Bonchev–Trinajstić information content (AvgIpc) is 2.04. The van der Waals surface area contributed by atoms with E-state index in [1.807, 2.05) is 11.9 Å². The molecule has 1 fully saturated rings. The zero-order valence-corrected chi connectivity index (χ0v) is 8.07. The molecule has 0 saturated carbocycles. The molecular weight excluding hydrogens is 156 g/mol. The van der Waals surface area contributed by atoms with E-state index in [1.54, 1.807) is 0 Å². The van der Waals surface area contributed by atoms with E-state index in [0.717, 1.165) is 0 Å². The lowest BCUT2D eigenvalue weighted by atomic mass is 10.1. The van der Waals surface area contributed by atoms with Gasteiger partial charge < -0.3 is 5.73 Å². The lowest BCUT2D eigenvalue weighted by Gasteiger charge is -2.28. The normalized spacial score (nSPS) is 22.4. The van der Waals surface area contributed by atoms with Gasteiger partial charge in [-0.25, -0.2) is 0 Å². The van der Waals surface area contributed by atoms with Crippen LogP contribution in [0.15, 0.2) is 0 Å². The van der Waals surface area contributed by atoms with Gasteiger partial charge in [-0.3, -0.25) is 4.31 Å². The summed E-state index contributed by atoms with van der Waals surface area (Å²) in [4.78, 5) is 0. The van der Waals surface area contributed by atoms with Crippen molar-refractivity contribution in [2.24, 2.45) is 5.73 Å².